The largest absolute Gasteiger partial charge is 0.458 e. The predicted molar refractivity (Wildman–Crippen MR) is 144 cm³/mol. The summed E-state index contributed by atoms with van der Waals surface area (Å²) in [6.45, 7) is 8.74. The monoisotopic (exact) mass is 482 g/mol. The Labute approximate surface area is 212 Å². The first-order valence-electron chi connectivity index (χ1n) is 15.0. The van der Waals surface area contributed by atoms with E-state index in [9.17, 15) is 9.59 Å². The van der Waals surface area contributed by atoms with E-state index in [1.807, 2.05) is 0 Å². The van der Waals surface area contributed by atoms with Gasteiger partial charge in [-0.2, -0.15) is 0 Å². The zero-order valence-electron chi connectivity index (χ0n) is 23.3. The molecule has 0 spiro atoms. The van der Waals surface area contributed by atoms with E-state index in [2.05, 4.69) is 27.7 Å². The molecule has 0 amide bonds. The van der Waals surface area contributed by atoms with E-state index < -0.39 is 0 Å². The summed E-state index contributed by atoms with van der Waals surface area (Å²) in [5.41, 5.74) is 0. The fourth-order valence-corrected chi connectivity index (χ4v) is 4.36. The summed E-state index contributed by atoms with van der Waals surface area (Å²) >= 11 is 0. The summed E-state index contributed by atoms with van der Waals surface area (Å²) in [7, 11) is 0. The molecule has 0 rings (SSSR count). The quantitative estimate of drug-likeness (QED) is 0.0960. The van der Waals surface area contributed by atoms with Crippen LogP contribution in [-0.4, -0.2) is 24.1 Å². The molecule has 0 saturated heterocycles. The third kappa shape index (κ3) is 20.3. The van der Waals surface area contributed by atoms with Crippen molar-refractivity contribution in [3.05, 3.63) is 0 Å². The van der Waals surface area contributed by atoms with Gasteiger partial charge in [0.2, 0.25) is 0 Å². The van der Waals surface area contributed by atoms with Gasteiger partial charge in [0.25, 0.3) is 0 Å². The van der Waals surface area contributed by atoms with Crippen molar-refractivity contribution in [2.45, 2.75) is 181 Å². The van der Waals surface area contributed by atoms with Gasteiger partial charge in [0, 0.05) is 12.8 Å². The van der Waals surface area contributed by atoms with Gasteiger partial charge >= 0.3 is 11.9 Å². The molecule has 2 unspecified atom stereocenters. The van der Waals surface area contributed by atoms with Crippen LogP contribution in [0.2, 0.25) is 0 Å². The van der Waals surface area contributed by atoms with Crippen molar-refractivity contribution in [2.75, 3.05) is 0 Å². The van der Waals surface area contributed by atoms with Gasteiger partial charge in [-0.3, -0.25) is 9.59 Å². The minimum Gasteiger partial charge on any atom is -0.458 e. The smallest absolute Gasteiger partial charge is 0.306 e. The Balaban J connectivity index is 4.55. The first kappa shape index (κ1) is 32.9. The number of rotatable bonds is 25. The van der Waals surface area contributed by atoms with E-state index in [4.69, 9.17) is 9.47 Å². The first-order valence-corrected chi connectivity index (χ1v) is 15.0. The Hall–Kier alpha value is -1.06. The normalized spacial score (nSPS) is 12.9. The van der Waals surface area contributed by atoms with Crippen LogP contribution in [0, 0.1) is 0 Å². The molecule has 4 nitrogen and oxygen atoms in total. The molecule has 0 heterocycles. The highest BCUT2D eigenvalue weighted by Crippen LogP contribution is 2.21. The van der Waals surface area contributed by atoms with Crippen LogP contribution in [0.15, 0.2) is 0 Å². The van der Waals surface area contributed by atoms with Crippen LogP contribution in [0.5, 0.6) is 0 Å². The van der Waals surface area contributed by atoms with E-state index >= 15 is 0 Å². The molecule has 0 fully saturated rings. The number of hydrogen-bond acceptors (Lipinski definition) is 4. The summed E-state index contributed by atoms with van der Waals surface area (Å²) in [6, 6.07) is 0. The van der Waals surface area contributed by atoms with Crippen LogP contribution >= 0.6 is 0 Å². The molecule has 0 aliphatic rings. The second-order valence-electron chi connectivity index (χ2n) is 10.1. The fourth-order valence-electron chi connectivity index (χ4n) is 4.36. The third-order valence-electron chi connectivity index (χ3n) is 6.63. The van der Waals surface area contributed by atoms with Gasteiger partial charge in [0.05, 0.1) is 0 Å². The maximum atomic E-state index is 12.6. The first-order chi connectivity index (χ1) is 16.6. The van der Waals surface area contributed by atoms with Gasteiger partial charge in [-0.25, -0.2) is 0 Å². The Morgan fingerprint density at radius 1 is 0.441 bits per heavy atom. The molecule has 2 atom stereocenters. The molecule has 0 aliphatic carbocycles. The number of carbonyl (C=O) groups is 2. The molecule has 0 aromatic heterocycles. The molecule has 202 valence electrons. The standard InChI is InChI=1S/C30H58O4/c1-5-9-13-15-17-19-21-25-29(31)33-27(23-11-7-3)28(24-12-8-4)34-30(32)26-22-20-18-16-14-10-6-2/h27-28H,5-26H2,1-4H3. The average Bonchev–Trinajstić information content (AvgIpc) is 2.83. The SMILES string of the molecule is CCCCCCCCCC(=O)OC(CCCC)C(CCCC)OC(=O)CCCCCCCCC. The van der Waals surface area contributed by atoms with Crippen LogP contribution < -0.4 is 0 Å². The van der Waals surface area contributed by atoms with Crippen molar-refractivity contribution in [1.29, 1.82) is 0 Å². The van der Waals surface area contributed by atoms with Gasteiger partial charge < -0.3 is 9.47 Å². The Kier molecular flexibility index (Phi) is 24.3. The third-order valence-corrected chi connectivity index (χ3v) is 6.63. The number of unbranched alkanes of at least 4 members (excludes halogenated alkanes) is 14. The lowest BCUT2D eigenvalue weighted by Gasteiger charge is -2.27. The lowest BCUT2D eigenvalue weighted by molar-refractivity contribution is -0.169. The van der Waals surface area contributed by atoms with Crippen LogP contribution in [0.1, 0.15) is 169 Å². The predicted octanol–water partition coefficient (Wildman–Crippen LogP) is 9.47. The molecule has 0 aliphatic heterocycles. The van der Waals surface area contributed by atoms with Gasteiger partial charge in [0.1, 0.15) is 12.2 Å². The number of esters is 2. The summed E-state index contributed by atoms with van der Waals surface area (Å²) in [4.78, 5) is 25.1. The van der Waals surface area contributed by atoms with Crippen LogP contribution in [0.3, 0.4) is 0 Å². The minimum atomic E-state index is -0.304. The Bertz CT molecular complexity index is 421. The summed E-state index contributed by atoms with van der Waals surface area (Å²) in [5.74, 6) is -0.251. The molecule has 0 bridgehead atoms. The number of hydrogen-bond donors (Lipinski definition) is 0. The lowest BCUT2D eigenvalue weighted by Crippen LogP contribution is -2.35. The van der Waals surface area contributed by atoms with E-state index in [1.54, 1.807) is 0 Å². The molecule has 0 radical (unpaired) electrons. The molecule has 34 heavy (non-hydrogen) atoms. The zero-order chi connectivity index (χ0) is 25.3. The van der Waals surface area contributed by atoms with Gasteiger partial charge in [-0.05, 0) is 38.5 Å². The van der Waals surface area contributed by atoms with Crippen molar-refractivity contribution in [3.8, 4) is 0 Å². The molecule has 0 N–H and O–H groups in total. The van der Waals surface area contributed by atoms with Gasteiger partial charge in [-0.1, -0.05) is 118 Å². The van der Waals surface area contributed by atoms with E-state index in [0.29, 0.717) is 12.8 Å². The van der Waals surface area contributed by atoms with E-state index in [0.717, 1.165) is 64.2 Å². The molecule has 0 saturated carbocycles. The Morgan fingerprint density at radius 3 is 1.06 bits per heavy atom. The van der Waals surface area contributed by atoms with Crippen LogP contribution in [0.4, 0.5) is 0 Å². The summed E-state index contributed by atoms with van der Waals surface area (Å²) < 4.78 is 11.8. The summed E-state index contributed by atoms with van der Waals surface area (Å²) in [6.07, 6.45) is 22.5. The van der Waals surface area contributed by atoms with Crippen molar-refractivity contribution < 1.29 is 19.1 Å². The molecule has 4 heteroatoms. The second kappa shape index (κ2) is 25.0. The highest BCUT2D eigenvalue weighted by atomic mass is 16.6. The number of ether oxygens (including phenoxy) is 2. The maximum Gasteiger partial charge on any atom is 0.306 e. The highest BCUT2D eigenvalue weighted by Gasteiger charge is 2.27. The fraction of sp³-hybridized carbons (Fsp3) is 0.933. The van der Waals surface area contributed by atoms with Crippen LogP contribution in [0.25, 0.3) is 0 Å². The van der Waals surface area contributed by atoms with E-state index in [1.165, 1.54) is 64.2 Å². The zero-order valence-corrected chi connectivity index (χ0v) is 23.3. The molecular formula is C30H58O4. The van der Waals surface area contributed by atoms with Crippen molar-refractivity contribution >= 4 is 11.9 Å². The van der Waals surface area contributed by atoms with E-state index in [-0.39, 0.29) is 24.1 Å². The summed E-state index contributed by atoms with van der Waals surface area (Å²) in [5, 5.41) is 0. The van der Waals surface area contributed by atoms with Crippen molar-refractivity contribution in [2.24, 2.45) is 0 Å². The average molecular weight is 483 g/mol. The number of carbonyl (C=O) groups excluding carboxylic acids is 2. The van der Waals surface area contributed by atoms with Crippen molar-refractivity contribution in [1.82, 2.24) is 0 Å². The maximum absolute atomic E-state index is 12.6. The molecule has 0 aromatic carbocycles. The van der Waals surface area contributed by atoms with Crippen molar-refractivity contribution in [3.63, 3.8) is 0 Å². The second-order valence-corrected chi connectivity index (χ2v) is 10.1. The highest BCUT2D eigenvalue weighted by molar-refractivity contribution is 5.70. The Morgan fingerprint density at radius 2 is 0.735 bits per heavy atom. The topological polar surface area (TPSA) is 52.6 Å². The minimum absolute atomic E-state index is 0.126. The van der Waals surface area contributed by atoms with Crippen LogP contribution in [-0.2, 0) is 19.1 Å². The lowest BCUT2D eigenvalue weighted by atomic mass is 10.0. The van der Waals surface area contributed by atoms with Gasteiger partial charge in [-0.15, -0.1) is 0 Å². The molecular weight excluding hydrogens is 424 g/mol. The van der Waals surface area contributed by atoms with Gasteiger partial charge in [0.15, 0.2) is 0 Å². The molecule has 0 aromatic rings.